The number of carbonyl (C=O) groups is 1. The lowest BCUT2D eigenvalue weighted by Crippen LogP contribution is -2.37. The molecule has 0 spiro atoms. The van der Waals surface area contributed by atoms with E-state index in [1.165, 1.54) is 35.2 Å². The minimum absolute atomic E-state index is 0.0208. The van der Waals surface area contributed by atoms with Crippen molar-refractivity contribution in [2.24, 2.45) is 0 Å². The van der Waals surface area contributed by atoms with Crippen LogP contribution in [0.3, 0.4) is 0 Å². The standard InChI is InChI=1S/C18H17ClFNO3S/c19-14-5-9-16(10-6-14)25(23,24)12-18(22)21(15-7-8-15)11-13-3-1-2-4-17(13)20/h1-6,9-10,15H,7-8,11-12H2. The van der Waals surface area contributed by atoms with Gasteiger partial charge in [0.05, 0.1) is 4.90 Å². The number of hydrogen-bond donors (Lipinski definition) is 0. The van der Waals surface area contributed by atoms with Gasteiger partial charge in [0, 0.05) is 23.2 Å². The molecule has 132 valence electrons. The van der Waals surface area contributed by atoms with Crippen molar-refractivity contribution in [2.45, 2.75) is 30.3 Å². The van der Waals surface area contributed by atoms with Gasteiger partial charge in [-0.3, -0.25) is 4.79 Å². The first-order chi connectivity index (χ1) is 11.9. The van der Waals surface area contributed by atoms with Crippen molar-refractivity contribution in [3.63, 3.8) is 0 Å². The van der Waals surface area contributed by atoms with Gasteiger partial charge in [0.25, 0.3) is 0 Å². The highest BCUT2D eigenvalue weighted by molar-refractivity contribution is 7.92. The van der Waals surface area contributed by atoms with Crippen molar-refractivity contribution in [1.82, 2.24) is 4.90 Å². The van der Waals surface area contributed by atoms with E-state index in [0.717, 1.165) is 12.8 Å². The minimum atomic E-state index is -3.77. The van der Waals surface area contributed by atoms with E-state index in [2.05, 4.69) is 0 Å². The lowest BCUT2D eigenvalue weighted by Gasteiger charge is -2.23. The summed E-state index contributed by atoms with van der Waals surface area (Å²) in [6, 6.07) is 11.9. The normalized spacial score (nSPS) is 14.3. The molecule has 3 rings (SSSR count). The maximum atomic E-state index is 13.9. The van der Waals surface area contributed by atoms with Crippen LogP contribution in [0.4, 0.5) is 4.39 Å². The second kappa shape index (κ2) is 7.14. The van der Waals surface area contributed by atoms with Gasteiger partial charge in [-0.15, -0.1) is 0 Å². The fraction of sp³-hybridized carbons (Fsp3) is 0.278. The lowest BCUT2D eigenvalue weighted by molar-refractivity contribution is -0.129. The van der Waals surface area contributed by atoms with E-state index in [4.69, 9.17) is 11.6 Å². The fourth-order valence-electron chi connectivity index (χ4n) is 2.59. The van der Waals surface area contributed by atoms with Crippen molar-refractivity contribution >= 4 is 27.3 Å². The van der Waals surface area contributed by atoms with Gasteiger partial charge < -0.3 is 4.90 Å². The van der Waals surface area contributed by atoms with Gasteiger partial charge in [-0.25, -0.2) is 12.8 Å². The third-order valence-corrected chi connectivity index (χ3v) is 5.96. The van der Waals surface area contributed by atoms with E-state index >= 15 is 0 Å². The van der Waals surface area contributed by atoms with Crippen LogP contribution in [-0.4, -0.2) is 31.0 Å². The molecule has 0 N–H and O–H groups in total. The lowest BCUT2D eigenvalue weighted by atomic mass is 10.2. The Labute approximate surface area is 151 Å². The first-order valence-electron chi connectivity index (χ1n) is 7.88. The van der Waals surface area contributed by atoms with E-state index in [0.29, 0.717) is 10.6 Å². The molecule has 1 saturated carbocycles. The summed E-state index contributed by atoms with van der Waals surface area (Å²) < 4.78 is 38.8. The first-order valence-corrected chi connectivity index (χ1v) is 9.91. The van der Waals surface area contributed by atoms with Gasteiger partial charge >= 0.3 is 0 Å². The largest absolute Gasteiger partial charge is 0.334 e. The Hall–Kier alpha value is -1.92. The number of nitrogens with zero attached hydrogens (tertiary/aromatic N) is 1. The molecule has 0 aliphatic heterocycles. The summed E-state index contributed by atoms with van der Waals surface area (Å²) in [5, 5.41) is 0.421. The molecule has 7 heteroatoms. The van der Waals surface area contributed by atoms with Crippen LogP contribution in [0.5, 0.6) is 0 Å². The monoisotopic (exact) mass is 381 g/mol. The molecule has 0 saturated heterocycles. The highest BCUT2D eigenvalue weighted by Gasteiger charge is 2.35. The number of amides is 1. The molecule has 2 aromatic carbocycles. The van der Waals surface area contributed by atoms with Gasteiger partial charge in [-0.05, 0) is 43.2 Å². The highest BCUT2D eigenvalue weighted by Crippen LogP contribution is 2.29. The van der Waals surface area contributed by atoms with Crippen molar-refractivity contribution in [3.05, 3.63) is 64.9 Å². The number of hydrogen-bond acceptors (Lipinski definition) is 3. The van der Waals surface area contributed by atoms with Crippen LogP contribution in [0, 0.1) is 5.82 Å². The number of rotatable bonds is 6. The van der Waals surface area contributed by atoms with E-state index in [-0.39, 0.29) is 17.5 Å². The molecule has 0 unspecified atom stereocenters. The van der Waals surface area contributed by atoms with Crippen LogP contribution >= 0.6 is 11.6 Å². The van der Waals surface area contributed by atoms with E-state index in [1.54, 1.807) is 18.2 Å². The second-order valence-electron chi connectivity index (χ2n) is 6.06. The molecule has 1 fully saturated rings. The van der Waals surface area contributed by atoms with Gasteiger partial charge in [-0.2, -0.15) is 0 Å². The van der Waals surface area contributed by atoms with Gasteiger partial charge in [0.2, 0.25) is 5.91 Å². The predicted molar refractivity (Wildman–Crippen MR) is 93.5 cm³/mol. The molecule has 1 amide bonds. The Morgan fingerprint density at radius 1 is 1.12 bits per heavy atom. The molecular formula is C18H17ClFNO3S. The number of benzene rings is 2. The van der Waals surface area contributed by atoms with Crippen molar-refractivity contribution in [3.8, 4) is 0 Å². The summed E-state index contributed by atoms with van der Waals surface area (Å²) in [5.41, 5.74) is 0.381. The zero-order valence-electron chi connectivity index (χ0n) is 13.4. The van der Waals surface area contributed by atoms with Crippen LogP contribution in [0.25, 0.3) is 0 Å². The average Bonchev–Trinajstić information content (AvgIpc) is 3.38. The zero-order chi connectivity index (χ0) is 18.0. The van der Waals surface area contributed by atoms with Crippen molar-refractivity contribution in [1.29, 1.82) is 0 Å². The number of carbonyl (C=O) groups excluding carboxylic acids is 1. The summed E-state index contributed by atoms with van der Waals surface area (Å²) >= 11 is 5.77. The maximum absolute atomic E-state index is 13.9. The summed E-state index contributed by atoms with van der Waals surface area (Å²) in [4.78, 5) is 14.1. The fourth-order valence-corrected chi connectivity index (χ4v) is 3.92. The van der Waals surface area contributed by atoms with Crippen LogP contribution < -0.4 is 0 Å². The summed E-state index contributed by atoms with van der Waals surface area (Å²) in [7, 11) is -3.77. The molecule has 0 radical (unpaired) electrons. The van der Waals surface area contributed by atoms with Crippen molar-refractivity contribution < 1.29 is 17.6 Å². The summed E-state index contributed by atoms with van der Waals surface area (Å²) in [5.74, 6) is -1.55. The van der Waals surface area contributed by atoms with E-state index in [1.807, 2.05) is 0 Å². The molecule has 1 aliphatic carbocycles. The number of halogens is 2. The van der Waals surface area contributed by atoms with Gasteiger partial charge in [0.1, 0.15) is 11.6 Å². The Morgan fingerprint density at radius 2 is 1.76 bits per heavy atom. The van der Waals surface area contributed by atoms with E-state index < -0.39 is 27.3 Å². The Balaban J connectivity index is 1.77. The molecule has 0 aromatic heterocycles. The first kappa shape index (κ1) is 17.9. The van der Waals surface area contributed by atoms with Crippen LogP contribution in [0.15, 0.2) is 53.4 Å². The van der Waals surface area contributed by atoms with Crippen LogP contribution in [-0.2, 0) is 21.2 Å². The van der Waals surface area contributed by atoms with Gasteiger partial charge in [0.15, 0.2) is 9.84 Å². The van der Waals surface area contributed by atoms with E-state index in [9.17, 15) is 17.6 Å². The molecule has 0 heterocycles. The van der Waals surface area contributed by atoms with Crippen LogP contribution in [0.1, 0.15) is 18.4 Å². The molecule has 1 aliphatic rings. The summed E-state index contributed by atoms with van der Waals surface area (Å²) in [6.07, 6.45) is 1.61. The molecule has 0 atom stereocenters. The summed E-state index contributed by atoms with van der Waals surface area (Å²) in [6.45, 7) is 0.0757. The van der Waals surface area contributed by atoms with Crippen molar-refractivity contribution in [2.75, 3.05) is 5.75 Å². The third-order valence-electron chi connectivity index (χ3n) is 4.09. The Morgan fingerprint density at radius 3 is 2.36 bits per heavy atom. The van der Waals surface area contributed by atoms with Crippen LogP contribution in [0.2, 0.25) is 5.02 Å². The third kappa shape index (κ3) is 4.38. The highest BCUT2D eigenvalue weighted by atomic mass is 35.5. The Bertz CT molecular complexity index is 879. The maximum Gasteiger partial charge on any atom is 0.238 e. The number of sulfone groups is 1. The van der Waals surface area contributed by atoms with Gasteiger partial charge in [-0.1, -0.05) is 29.8 Å². The minimum Gasteiger partial charge on any atom is -0.334 e. The predicted octanol–water partition coefficient (Wildman–Crippen LogP) is 3.44. The average molecular weight is 382 g/mol. The molecule has 2 aromatic rings. The molecular weight excluding hydrogens is 365 g/mol. The topological polar surface area (TPSA) is 54.5 Å². The smallest absolute Gasteiger partial charge is 0.238 e. The Kier molecular flexibility index (Phi) is 5.11. The SMILES string of the molecule is O=C(CS(=O)(=O)c1ccc(Cl)cc1)N(Cc1ccccc1F)C1CC1. The quantitative estimate of drug-likeness (QED) is 0.770. The molecule has 25 heavy (non-hydrogen) atoms. The zero-order valence-corrected chi connectivity index (χ0v) is 14.9. The second-order valence-corrected chi connectivity index (χ2v) is 8.48. The molecule has 4 nitrogen and oxygen atoms in total. The molecule has 0 bridgehead atoms.